The Kier molecular flexibility index (Phi) is 7.90. The molecule has 1 amide bonds. The summed E-state index contributed by atoms with van der Waals surface area (Å²) in [5.41, 5.74) is 3.52. The van der Waals surface area contributed by atoms with Crippen LogP contribution in [0.1, 0.15) is 21.5 Å². The molecule has 2 rings (SSSR count). The lowest BCUT2D eigenvalue weighted by molar-refractivity contribution is -0.124. The van der Waals surface area contributed by atoms with Crippen molar-refractivity contribution in [2.75, 3.05) is 19.8 Å². The molecular weight excluding hydrogens is 348 g/mol. The molecule has 0 unspecified atom stereocenters. The minimum Gasteiger partial charge on any atom is -0.491 e. The first-order valence-corrected chi connectivity index (χ1v) is 8.21. The number of hydroxylamine groups is 1. The van der Waals surface area contributed by atoms with Crippen LogP contribution in [-0.4, -0.2) is 48.0 Å². The van der Waals surface area contributed by atoms with Gasteiger partial charge in [-0.25, -0.2) is 5.48 Å². The molecule has 0 saturated carbocycles. The van der Waals surface area contributed by atoms with E-state index in [0.29, 0.717) is 11.3 Å². The molecule has 0 aliphatic carbocycles. The van der Waals surface area contributed by atoms with E-state index in [0.717, 1.165) is 11.1 Å². The quantitative estimate of drug-likeness (QED) is 0.206. The van der Waals surface area contributed by atoms with Crippen LogP contribution in [0.25, 0.3) is 6.08 Å². The van der Waals surface area contributed by atoms with E-state index in [2.05, 4.69) is 4.99 Å². The van der Waals surface area contributed by atoms with Crippen LogP contribution in [-0.2, 0) is 4.79 Å². The lowest BCUT2D eigenvalue weighted by Gasteiger charge is -2.04. The summed E-state index contributed by atoms with van der Waals surface area (Å²) in [5.74, 6) is -0.143. The van der Waals surface area contributed by atoms with Crippen molar-refractivity contribution in [2.45, 2.75) is 0 Å². The summed E-state index contributed by atoms with van der Waals surface area (Å²) >= 11 is 0. The third kappa shape index (κ3) is 6.85. The number of aliphatic imine (C=N–C) groups is 1. The van der Waals surface area contributed by atoms with Gasteiger partial charge in [-0.2, -0.15) is 0 Å². The fourth-order valence-corrected chi connectivity index (χ4v) is 2.16. The third-order valence-corrected chi connectivity index (χ3v) is 3.46. The molecule has 140 valence electrons. The summed E-state index contributed by atoms with van der Waals surface area (Å²) in [6, 6.07) is 13.9. The third-order valence-electron chi connectivity index (χ3n) is 3.46. The van der Waals surface area contributed by atoms with Gasteiger partial charge in [-0.3, -0.25) is 19.8 Å². The number of aliphatic hydroxyl groups is 1. The monoisotopic (exact) mass is 368 g/mol. The van der Waals surface area contributed by atoms with Crippen LogP contribution in [0.5, 0.6) is 5.75 Å². The molecule has 3 N–H and O–H groups in total. The Hall–Kier alpha value is -3.29. The number of ketones is 1. The highest BCUT2D eigenvalue weighted by molar-refractivity contribution is 5.99. The number of nitrogens with one attached hydrogen (secondary N) is 1. The van der Waals surface area contributed by atoms with Crippen molar-refractivity contribution in [3.8, 4) is 5.75 Å². The highest BCUT2D eigenvalue weighted by Gasteiger charge is 2.04. The lowest BCUT2D eigenvalue weighted by Crippen LogP contribution is -2.14. The first-order valence-electron chi connectivity index (χ1n) is 8.21. The van der Waals surface area contributed by atoms with Crippen LogP contribution < -0.4 is 10.2 Å². The number of rotatable bonds is 9. The van der Waals surface area contributed by atoms with E-state index in [4.69, 9.17) is 15.1 Å². The van der Waals surface area contributed by atoms with Crippen molar-refractivity contribution in [3.05, 3.63) is 71.3 Å². The Morgan fingerprint density at radius 3 is 2.59 bits per heavy atom. The van der Waals surface area contributed by atoms with E-state index < -0.39 is 5.91 Å². The molecule has 7 heteroatoms. The van der Waals surface area contributed by atoms with Gasteiger partial charge in [0.15, 0.2) is 5.78 Å². The standard InChI is InChI=1S/C20H20N2O5/c23-10-11-27-18-3-1-2-16(12-18)13-21-14-19(24)17-7-4-15(5-8-17)6-9-20(25)22-26/h1-9,12-13,23,26H,10-11,14H2,(H,22,25)/b9-6+,21-13?. The van der Waals surface area contributed by atoms with E-state index >= 15 is 0 Å². The second-order valence-electron chi connectivity index (χ2n) is 5.47. The van der Waals surface area contributed by atoms with Crippen LogP contribution in [0.15, 0.2) is 59.6 Å². The fourth-order valence-electron chi connectivity index (χ4n) is 2.16. The zero-order valence-electron chi connectivity index (χ0n) is 14.5. The number of carbonyl (C=O) groups excluding carboxylic acids is 2. The number of amides is 1. The Morgan fingerprint density at radius 2 is 1.89 bits per heavy atom. The largest absolute Gasteiger partial charge is 0.491 e. The van der Waals surface area contributed by atoms with Crippen molar-refractivity contribution in [2.24, 2.45) is 4.99 Å². The molecule has 0 fully saturated rings. The van der Waals surface area contributed by atoms with Crippen LogP contribution >= 0.6 is 0 Å². The summed E-state index contributed by atoms with van der Waals surface area (Å²) in [5, 5.41) is 17.2. The first kappa shape index (κ1) is 20.0. The zero-order chi connectivity index (χ0) is 19.5. The maximum absolute atomic E-state index is 12.2. The van der Waals surface area contributed by atoms with E-state index in [1.165, 1.54) is 17.6 Å². The molecule has 27 heavy (non-hydrogen) atoms. The van der Waals surface area contributed by atoms with Crippen molar-refractivity contribution < 1.29 is 24.6 Å². The SMILES string of the molecule is O=C(/C=C/c1ccc(C(=O)CN=Cc2cccc(OCCO)c2)cc1)NO. The molecule has 0 saturated heterocycles. The molecule has 0 bridgehead atoms. The first-order chi connectivity index (χ1) is 13.1. The van der Waals surface area contributed by atoms with E-state index in [1.54, 1.807) is 48.7 Å². The minimum absolute atomic E-state index is 0.00380. The van der Waals surface area contributed by atoms with Gasteiger partial charge in [0.05, 0.1) is 6.61 Å². The van der Waals surface area contributed by atoms with Gasteiger partial charge in [-0.1, -0.05) is 36.4 Å². The molecule has 7 nitrogen and oxygen atoms in total. The molecule has 0 aliphatic heterocycles. The van der Waals surface area contributed by atoms with E-state index in [9.17, 15) is 9.59 Å². The molecule has 0 atom stereocenters. The smallest absolute Gasteiger partial charge is 0.267 e. The van der Waals surface area contributed by atoms with Gasteiger partial charge >= 0.3 is 0 Å². The maximum Gasteiger partial charge on any atom is 0.267 e. The van der Waals surface area contributed by atoms with Crippen LogP contribution in [0.2, 0.25) is 0 Å². The van der Waals surface area contributed by atoms with Crippen molar-refractivity contribution in [3.63, 3.8) is 0 Å². The van der Waals surface area contributed by atoms with Gasteiger partial charge in [-0.05, 0) is 29.3 Å². The number of ether oxygens (including phenoxy) is 1. The van der Waals surface area contributed by atoms with Crippen LogP contribution in [0.4, 0.5) is 0 Å². The number of carbonyl (C=O) groups is 2. The minimum atomic E-state index is -0.629. The predicted octanol–water partition coefficient (Wildman–Crippen LogP) is 1.88. The molecule has 0 heterocycles. The second-order valence-corrected chi connectivity index (χ2v) is 5.47. The second kappa shape index (κ2) is 10.6. The normalized spacial score (nSPS) is 11.0. The van der Waals surface area contributed by atoms with Gasteiger partial charge in [0.2, 0.25) is 0 Å². The Morgan fingerprint density at radius 1 is 1.11 bits per heavy atom. The summed E-state index contributed by atoms with van der Waals surface area (Å²) in [7, 11) is 0. The fraction of sp³-hybridized carbons (Fsp3) is 0.150. The van der Waals surface area contributed by atoms with Gasteiger partial charge < -0.3 is 9.84 Å². The molecular formula is C20H20N2O5. The van der Waals surface area contributed by atoms with Gasteiger partial charge in [0, 0.05) is 17.9 Å². The van der Waals surface area contributed by atoms with Crippen molar-refractivity contribution >= 4 is 24.0 Å². The van der Waals surface area contributed by atoms with Crippen LogP contribution in [0.3, 0.4) is 0 Å². The number of hydrogen-bond donors (Lipinski definition) is 3. The molecule has 0 spiro atoms. The average molecular weight is 368 g/mol. The highest BCUT2D eigenvalue weighted by Crippen LogP contribution is 2.12. The number of hydrogen-bond acceptors (Lipinski definition) is 6. The van der Waals surface area contributed by atoms with E-state index in [1.807, 2.05) is 6.07 Å². The molecule has 0 aliphatic rings. The molecule has 2 aromatic carbocycles. The number of aliphatic hydroxyl groups excluding tert-OH is 1. The van der Waals surface area contributed by atoms with Gasteiger partial charge in [0.25, 0.3) is 5.91 Å². The van der Waals surface area contributed by atoms with Crippen LogP contribution in [0, 0.1) is 0 Å². The predicted molar refractivity (Wildman–Crippen MR) is 101 cm³/mol. The Bertz CT molecular complexity index is 829. The van der Waals surface area contributed by atoms with Gasteiger partial charge in [0.1, 0.15) is 18.9 Å². The highest BCUT2D eigenvalue weighted by atomic mass is 16.5. The summed E-state index contributed by atoms with van der Waals surface area (Å²) in [6.45, 7) is 0.162. The van der Waals surface area contributed by atoms with Crippen molar-refractivity contribution in [1.29, 1.82) is 0 Å². The van der Waals surface area contributed by atoms with Gasteiger partial charge in [-0.15, -0.1) is 0 Å². The zero-order valence-corrected chi connectivity index (χ0v) is 14.5. The summed E-state index contributed by atoms with van der Waals surface area (Å²) < 4.78 is 5.32. The number of benzene rings is 2. The Labute approximate surface area is 156 Å². The average Bonchev–Trinajstić information content (AvgIpc) is 2.71. The van der Waals surface area contributed by atoms with Crippen molar-refractivity contribution in [1.82, 2.24) is 5.48 Å². The molecule has 0 aromatic heterocycles. The van der Waals surface area contributed by atoms with E-state index in [-0.39, 0.29) is 25.5 Å². The topological polar surface area (TPSA) is 108 Å². The molecule has 2 aromatic rings. The molecule has 0 radical (unpaired) electrons. The Balaban J connectivity index is 1.92. The summed E-state index contributed by atoms with van der Waals surface area (Å²) in [6.07, 6.45) is 4.29. The number of nitrogens with zero attached hydrogens (tertiary/aromatic N) is 1. The maximum atomic E-state index is 12.2. The number of Topliss-reactive ketones (excluding diaryl/α,β-unsaturated/α-hetero) is 1. The lowest BCUT2D eigenvalue weighted by atomic mass is 10.1. The summed E-state index contributed by atoms with van der Waals surface area (Å²) in [4.78, 5) is 27.3.